The molecule has 2 aromatic carbocycles. The van der Waals surface area contributed by atoms with Crippen LogP contribution in [0.15, 0.2) is 52.9 Å². The van der Waals surface area contributed by atoms with Gasteiger partial charge < -0.3 is 13.9 Å². The zero-order chi connectivity index (χ0) is 20.2. The van der Waals surface area contributed by atoms with Crippen molar-refractivity contribution in [2.24, 2.45) is 5.92 Å². The van der Waals surface area contributed by atoms with Crippen LogP contribution in [0.4, 0.5) is 0 Å². The predicted molar refractivity (Wildman–Crippen MR) is 112 cm³/mol. The van der Waals surface area contributed by atoms with E-state index in [4.69, 9.17) is 13.9 Å². The molecule has 5 heteroatoms. The number of hydrogen-bond donors (Lipinski definition) is 0. The Kier molecular flexibility index (Phi) is 5.97. The Morgan fingerprint density at radius 2 is 1.86 bits per heavy atom. The third-order valence-corrected chi connectivity index (χ3v) is 5.59. The number of hydrogen-bond acceptors (Lipinski definition) is 5. The van der Waals surface area contributed by atoms with E-state index in [0.717, 1.165) is 66.1 Å². The largest absolute Gasteiger partial charge is 0.497 e. The number of nitrogens with zero attached hydrogens (tertiary/aromatic N) is 1. The van der Waals surface area contributed by atoms with Gasteiger partial charge in [0.15, 0.2) is 5.78 Å². The number of benzene rings is 2. The van der Waals surface area contributed by atoms with Crippen molar-refractivity contribution in [3.8, 4) is 5.75 Å². The van der Waals surface area contributed by atoms with Gasteiger partial charge in [-0.05, 0) is 60.5 Å². The highest BCUT2D eigenvalue weighted by atomic mass is 16.5. The fourth-order valence-corrected chi connectivity index (χ4v) is 4.10. The molecule has 1 aliphatic rings. The number of likely N-dealkylation sites (tertiary alicyclic amines) is 1. The first-order valence-corrected chi connectivity index (χ1v) is 10.1. The van der Waals surface area contributed by atoms with Gasteiger partial charge in [-0.2, -0.15) is 0 Å². The molecule has 1 fully saturated rings. The van der Waals surface area contributed by atoms with Crippen molar-refractivity contribution in [2.75, 3.05) is 27.3 Å². The summed E-state index contributed by atoms with van der Waals surface area (Å²) in [6.07, 6.45) is 1.95. The topological polar surface area (TPSA) is 51.9 Å². The van der Waals surface area contributed by atoms with Crippen molar-refractivity contribution in [3.05, 3.63) is 65.6 Å². The maximum atomic E-state index is 13.2. The van der Waals surface area contributed by atoms with Crippen molar-refractivity contribution in [2.45, 2.75) is 26.0 Å². The Bertz CT molecular complexity index is 993. The molecule has 0 radical (unpaired) electrons. The Labute approximate surface area is 171 Å². The normalized spacial score (nSPS) is 17.5. The SMILES string of the molecule is COCc1ccc(CN2CCCC(C(=O)c3ccc4cc(OC)ccc4c3)C2)o1. The molecule has 0 bridgehead atoms. The number of carbonyl (C=O) groups is 1. The second kappa shape index (κ2) is 8.80. The van der Waals surface area contributed by atoms with Crippen molar-refractivity contribution in [1.82, 2.24) is 4.90 Å². The quantitative estimate of drug-likeness (QED) is 0.546. The molecule has 0 spiro atoms. The average molecular weight is 393 g/mol. The molecule has 5 nitrogen and oxygen atoms in total. The third kappa shape index (κ3) is 4.52. The number of ether oxygens (including phenoxy) is 2. The molecule has 0 saturated carbocycles. The molecule has 1 saturated heterocycles. The molecule has 2 heterocycles. The monoisotopic (exact) mass is 393 g/mol. The van der Waals surface area contributed by atoms with E-state index in [9.17, 15) is 4.79 Å². The van der Waals surface area contributed by atoms with Crippen LogP contribution in [0.5, 0.6) is 5.75 Å². The van der Waals surface area contributed by atoms with Crippen LogP contribution in [-0.2, 0) is 17.9 Å². The molecule has 0 amide bonds. The van der Waals surface area contributed by atoms with Crippen LogP contribution in [0, 0.1) is 5.92 Å². The smallest absolute Gasteiger partial charge is 0.167 e. The summed E-state index contributed by atoms with van der Waals surface area (Å²) < 4.78 is 16.2. The summed E-state index contributed by atoms with van der Waals surface area (Å²) in [5.74, 6) is 2.83. The zero-order valence-corrected chi connectivity index (χ0v) is 17.0. The minimum atomic E-state index is 0.0212. The minimum absolute atomic E-state index is 0.0212. The molecule has 0 N–H and O–H groups in total. The number of rotatable bonds is 7. The van der Waals surface area contributed by atoms with Crippen LogP contribution in [0.3, 0.4) is 0 Å². The zero-order valence-electron chi connectivity index (χ0n) is 17.0. The van der Waals surface area contributed by atoms with Crippen molar-refractivity contribution in [3.63, 3.8) is 0 Å². The number of carbonyl (C=O) groups excluding carboxylic acids is 1. The van der Waals surface area contributed by atoms with E-state index in [1.807, 2.05) is 48.5 Å². The number of fused-ring (bicyclic) bond motifs is 1. The molecule has 0 aliphatic carbocycles. The lowest BCUT2D eigenvalue weighted by Gasteiger charge is -2.31. The van der Waals surface area contributed by atoms with E-state index in [1.165, 1.54) is 0 Å². The minimum Gasteiger partial charge on any atom is -0.497 e. The van der Waals surface area contributed by atoms with Crippen LogP contribution in [0.2, 0.25) is 0 Å². The number of methoxy groups -OCH3 is 2. The summed E-state index contributed by atoms with van der Waals surface area (Å²) >= 11 is 0. The molecule has 1 aromatic heterocycles. The van der Waals surface area contributed by atoms with Gasteiger partial charge in [-0.25, -0.2) is 0 Å². The highest BCUT2D eigenvalue weighted by Crippen LogP contribution is 2.26. The van der Waals surface area contributed by atoms with E-state index in [0.29, 0.717) is 6.61 Å². The Morgan fingerprint density at radius 3 is 2.69 bits per heavy atom. The first-order valence-electron chi connectivity index (χ1n) is 10.1. The maximum absolute atomic E-state index is 13.2. The predicted octanol–water partition coefficient (Wildman–Crippen LogP) is 4.68. The molecule has 29 heavy (non-hydrogen) atoms. The van der Waals surface area contributed by atoms with Crippen molar-refractivity contribution < 1.29 is 18.7 Å². The third-order valence-electron chi connectivity index (χ3n) is 5.59. The molecule has 1 atom stereocenters. The summed E-state index contributed by atoms with van der Waals surface area (Å²) in [5.41, 5.74) is 0.787. The average Bonchev–Trinajstić information content (AvgIpc) is 3.19. The number of furan rings is 1. The summed E-state index contributed by atoms with van der Waals surface area (Å²) in [6, 6.07) is 15.8. The molecule has 1 aliphatic heterocycles. The van der Waals surface area contributed by atoms with Gasteiger partial charge in [0.05, 0.1) is 13.7 Å². The maximum Gasteiger partial charge on any atom is 0.167 e. The fraction of sp³-hybridized carbons (Fsp3) is 0.375. The lowest BCUT2D eigenvalue weighted by Crippen LogP contribution is -2.38. The highest BCUT2D eigenvalue weighted by molar-refractivity contribution is 6.01. The summed E-state index contributed by atoms with van der Waals surface area (Å²) in [7, 11) is 3.32. The van der Waals surface area contributed by atoms with Crippen LogP contribution < -0.4 is 4.74 Å². The summed E-state index contributed by atoms with van der Waals surface area (Å²) in [5, 5.41) is 2.14. The van der Waals surface area contributed by atoms with E-state index < -0.39 is 0 Å². The fourth-order valence-electron chi connectivity index (χ4n) is 4.10. The second-order valence-electron chi connectivity index (χ2n) is 7.67. The molecule has 152 valence electrons. The standard InChI is InChI=1S/C24H27NO4/c1-27-16-23-10-9-22(29-23)15-25-11-3-4-20(14-25)24(26)19-6-5-18-13-21(28-2)8-7-17(18)12-19/h5-10,12-13,20H,3-4,11,14-16H2,1-2H3. The van der Waals surface area contributed by atoms with Crippen LogP contribution in [0.25, 0.3) is 10.8 Å². The first kappa shape index (κ1) is 19.7. The van der Waals surface area contributed by atoms with Gasteiger partial charge in [-0.1, -0.05) is 18.2 Å². The van der Waals surface area contributed by atoms with Crippen LogP contribution in [-0.4, -0.2) is 38.0 Å². The molecule has 3 aromatic rings. The van der Waals surface area contributed by atoms with Gasteiger partial charge in [0.1, 0.15) is 23.9 Å². The molecular weight excluding hydrogens is 366 g/mol. The molecular formula is C24H27NO4. The van der Waals surface area contributed by atoms with E-state index in [2.05, 4.69) is 4.90 Å². The van der Waals surface area contributed by atoms with Crippen LogP contribution in [0.1, 0.15) is 34.7 Å². The highest BCUT2D eigenvalue weighted by Gasteiger charge is 2.27. The van der Waals surface area contributed by atoms with Gasteiger partial charge in [0, 0.05) is 25.1 Å². The van der Waals surface area contributed by atoms with Gasteiger partial charge in [-0.15, -0.1) is 0 Å². The second-order valence-corrected chi connectivity index (χ2v) is 7.67. The summed E-state index contributed by atoms with van der Waals surface area (Å²) in [4.78, 5) is 15.5. The van der Waals surface area contributed by atoms with Crippen molar-refractivity contribution >= 4 is 16.6 Å². The van der Waals surface area contributed by atoms with Gasteiger partial charge in [-0.3, -0.25) is 9.69 Å². The van der Waals surface area contributed by atoms with E-state index >= 15 is 0 Å². The Balaban J connectivity index is 1.44. The van der Waals surface area contributed by atoms with Gasteiger partial charge in [0.2, 0.25) is 0 Å². The lowest BCUT2D eigenvalue weighted by atomic mass is 9.89. The van der Waals surface area contributed by atoms with E-state index in [1.54, 1.807) is 14.2 Å². The number of piperidine rings is 1. The molecule has 4 rings (SSSR count). The van der Waals surface area contributed by atoms with Gasteiger partial charge in [0.25, 0.3) is 0 Å². The van der Waals surface area contributed by atoms with Gasteiger partial charge >= 0.3 is 0 Å². The number of Topliss-reactive ketones (excluding diaryl/α,β-unsaturated/α-hetero) is 1. The van der Waals surface area contributed by atoms with E-state index in [-0.39, 0.29) is 11.7 Å². The molecule has 1 unspecified atom stereocenters. The first-order chi connectivity index (χ1) is 14.2. The van der Waals surface area contributed by atoms with Crippen LogP contribution >= 0.6 is 0 Å². The Morgan fingerprint density at radius 1 is 1.07 bits per heavy atom. The van der Waals surface area contributed by atoms with Crippen molar-refractivity contribution in [1.29, 1.82) is 0 Å². The lowest BCUT2D eigenvalue weighted by molar-refractivity contribution is 0.0800. The summed E-state index contributed by atoms with van der Waals surface area (Å²) in [6.45, 7) is 2.96. The number of ketones is 1. The Hall–Kier alpha value is -2.63.